The molecule has 0 amide bonds. The van der Waals surface area contributed by atoms with Gasteiger partial charge in [0.1, 0.15) is 6.04 Å². The minimum absolute atomic E-state index is 0. The fourth-order valence-corrected chi connectivity index (χ4v) is 0.736. The Labute approximate surface area is 89.5 Å². The lowest BCUT2D eigenvalue weighted by molar-refractivity contribution is -0.142. The molecular formula is C6H16Cl2N2O3. The predicted octanol–water partition coefficient (Wildman–Crippen LogP) is 0.391. The molecule has 5 N–H and O–H groups in total. The molecule has 0 aliphatic heterocycles. The summed E-state index contributed by atoms with van der Waals surface area (Å²) in [5, 5.41) is 16.8. The first-order valence-corrected chi connectivity index (χ1v) is 3.55. The number of carboxylic acid groups (broad SMARTS) is 1. The number of aliphatic carboxylic acids is 1. The summed E-state index contributed by atoms with van der Waals surface area (Å²) in [6.45, 7) is 0.553. The van der Waals surface area contributed by atoms with Gasteiger partial charge in [0.25, 0.3) is 0 Å². The van der Waals surface area contributed by atoms with Gasteiger partial charge in [-0.1, -0.05) is 0 Å². The minimum Gasteiger partial charge on any atom is -0.480 e. The van der Waals surface area contributed by atoms with Crippen LogP contribution in [-0.4, -0.2) is 28.9 Å². The van der Waals surface area contributed by atoms with Gasteiger partial charge in [-0.3, -0.25) is 4.79 Å². The average Bonchev–Trinajstić information content (AvgIpc) is 1.97. The van der Waals surface area contributed by atoms with Crippen molar-refractivity contribution in [1.82, 2.24) is 5.48 Å². The average molecular weight is 235 g/mol. The van der Waals surface area contributed by atoms with Crippen molar-refractivity contribution < 1.29 is 15.1 Å². The molecule has 0 heterocycles. The van der Waals surface area contributed by atoms with Gasteiger partial charge in [0, 0.05) is 0 Å². The second kappa shape index (κ2) is 11.9. The van der Waals surface area contributed by atoms with E-state index in [0.29, 0.717) is 19.4 Å². The first-order valence-electron chi connectivity index (χ1n) is 3.55. The van der Waals surface area contributed by atoms with Crippen molar-refractivity contribution in [3.05, 3.63) is 0 Å². The highest BCUT2D eigenvalue weighted by Gasteiger charge is 2.14. The van der Waals surface area contributed by atoms with Crippen LogP contribution in [0.3, 0.4) is 0 Å². The van der Waals surface area contributed by atoms with Crippen LogP contribution in [0.1, 0.15) is 19.3 Å². The Hall–Kier alpha value is -0.0700. The quantitative estimate of drug-likeness (QED) is 0.394. The lowest BCUT2D eigenvalue weighted by Crippen LogP contribution is -2.34. The molecule has 0 saturated heterocycles. The highest BCUT2D eigenvalue weighted by atomic mass is 35.5. The van der Waals surface area contributed by atoms with E-state index in [4.69, 9.17) is 16.0 Å². The Bertz CT molecular complexity index is 126. The molecule has 0 bridgehead atoms. The van der Waals surface area contributed by atoms with E-state index in [2.05, 4.69) is 0 Å². The van der Waals surface area contributed by atoms with Crippen LogP contribution in [0.15, 0.2) is 0 Å². The largest absolute Gasteiger partial charge is 0.480 e. The summed E-state index contributed by atoms with van der Waals surface area (Å²) in [5.41, 5.74) is 6.92. The van der Waals surface area contributed by atoms with Crippen molar-refractivity contribution in [1.29, 1.82) is 0 Å². The number of unbranched alkanes of at least 4 members (excludes halogenated alkanes) is 1. The van der Waals surface area contributed by atoms with Gasteiger partial charge in [0.05, 0.1) is 0 Å². The fourth-order valence-electron chi connectivity index (χ4n) is 0.736. The number of carbonyl (C=O) groups is 1. The van der Waals surface area contributed by atoms with Crippen LogP contribution in [0.25, 0.3) is 0 Å². The molecule has 0 aliphatic carbocycles. The zero-order chi connectivity index (χ0) is 8.69. The molecule has 0 radical (unpaired) electrons. The maximum Gasteiger partial charge on any atom is 0.323 e. The Morgan fingerprint density at radius 2 is 1.92 bits per heavy atom. The van der Waals surface area contributed by atoms with Crippen LogP contribution < -0.4 is 11.2 Å². The van der Waals surface area contributed by atoms with Gasteiger partial charge < -0.3 is 16.0 Å². The number of hydrogen-bond acceptors (Lipinski definition) is 4. The molecule has 0 aromatic carbocycles. The van der Waals surface area contributed by atoms with Crippen LogP contribution in [0, 0.1) is 0 Å². The van der Waals surface area contributed by atoms with Gasteiger partial charge in [-0.05, 0) is 25.8 Å². The fraction of sp³-hybridized carbons (Fsp3) is 0.833. The van der Waals surface area contributed by atoms with E-state index < -0.39 is 12.0 Å². The summed E-state index contributed by atoms with van der Waals surface area (Å²) in [6, 6.07) is -0.860. The molecule has 0 fully saturated rings. The van der Waals surface area contributed by atoms with Crippen LogP contribution in [0.4, 0.5) is 0 Å². The van der Waals surface area contributed by atoms with Crippen LogP contribution >= 0.6 is 24.8 Å². The van der Waals surface area contributed by atoms with Crippen LogP contribution in [-0.2, 0) is 4.79 Å². The van der Waals surface area contributed by atoms with E-state index in [9.17, 15) is 4.79 Å². The van der Waals surface area contributed by atoms with E-state index >= 15 is 0 Å². The Balaban J connectivity index is -0.000000500. The minimum atomic E-state index is -1.04. The highest BCUT2D eigenvalue weighted by molar-refractivity contribution is 5.85. The van der Waals surface area contributed by atoms with E-state index in [1.807, 2.05) is 0 Å². The van der Waals surface area contributed by atoms with Crippen molar-refractivity contribution in [3.63, 3.8) is 0 Å². The lowest BCUT2D eigenvalue weighted by atomic mass is 10.1. The molecule has 0 rings (SSSR count). The number of nitrogens with one attached hydrogen (secondary N) is 1. The molecule has 7 heteroatoms. The normalized spacial score (nSPS) is 10.9. The second-order valence-electron chi connectivity index (χ2n) is 2.30. The van der Waals surface area contributed by atoms with Gasteiger partial charge in [0.2, 0.25) is 0 Å². The van der Waals surface area contributed by atoms with E-state index in [1.54, 1.807) is 5.48 Å². The maximum absolute atomic E-state index is 10.3. The van der Waals surface area contributed by atoms with Crippen molar-refractivity contribution in [2.24, 2.45) is 5.73 Å². The zero-order valence-corrected chi connectivity index (χ0v) is 8.74. The Morgan fingerprint density at radius 1 is 1.38 bits per heavy atom. The van der Waals surface area contributed by atoms with E-state index in [1.165, 1.54) is 0 Å². The summed E-state index contributed by atoms with van der Waals surface area (Å²) in [4.78, 5) is 10.3. The first-order chi connectivity index (χ1) is 5.22. The summed E-state index contributed by atoms with van der Waals surface area (Å²) in [6.07, 6.45) is 1.90. The van der Waals surface area contributed by atoms with Gasteiger partial charge in [-0.2, -0.15) is 5.48 Å². The molecule has 0 spiro atoms. The first kappa shape index (κ1) is 18.7. The topological polar surface area (TPSA) is 95.6 Å². The Morgan fingerprint density at radius 3 is 2.23 bits per heavy atom. The molecule has 0 aliphatic rings. The van der Waals surface area contributed by atoms with Crippen molar-refractivity contribution in [3.8, 4) is 0 Å². The third-order valence-electron chi connectivity index (χ3n) is 1.40. The Kier molecular flexibility index (Phi) is 17.1. The van der Waals surface area contributed by atoms with E-state index in [-0.39, 0.29) is 24.8 Å². The third kappa shape index (κ3) is 9.85. The second-order valence-corrected chi connectivity index (χ2v) is 2.30. The number of nitrogens with two attached hydrogens (primary N) is 1. The van der Waals surface area contributed by atoms with Gasteiger partial charge in [-0.15, -0.1) is 24.8 Å². The summed E-state index contributed by atoms with van der Waals surface area (Å²) < 4.78 is 0. The summed E-state index contributed by atoms with van der Waals surface area (Å²) in [7, 11) is 0. The van der Waals surface area contributed by atoms with Crippen LogP contribution in [0.2, 0.25) is 0 Å². The number of carboxylic acids is 1. The van der Waals surface area contributed by atoms with Gasteiger partial charge in [0.15, 0.2) is 0 Å². The molecule has 0 unspecified atom stereocenters. The molecule has 0 aromatic rings. The lowest BCUT2D eigenvalue weighted by Gasteiger charge is -2.08. The van der Waals surface area contributed by atoms with Crippen molar-refractivity contribution >= 4 is 30.8 Å². The van der Waals surface area contributed by atoms with Crippen molar-refractivity contribution in [2.45, 2.75) is 25.3 Å². The standard InChI is InChI=1S/C6H14N2O3.2ClH/c7-4-2-1-3-5(8-11)6(9)10;;/h5,8,11H,1-4,7H2,(H,9,10);2*1H/t5-;;/m0../s1. The highest BCUT2D eigenvalue weighted by Crippen LogP contribution is 1.99. The SMILES string of the molecule is Cl.Cl.NCCCC[C@H](NO)C(=O)O. The van der Waals surface area contributed by atoms with Gasteiger partial charge >= 0.3 is 5.97 Å². The predicted molar refractivity (Wildman–Crippen MR) is 53.7 cm³/mol. The molecule has 0 saturated carbocycles. The monoisotopic (exact) mass is 234 g/mol. The number of halogens is 2. The summed E-state index contributed by atoms with van der Waals surface area (Å²) in [5.74, 6) is -1.04. The van der Waals surface area contributed by atoms with E-state index in [0.717, 1.165) is 6.42 Å². The number of rotatable bonds is 6. The molecule has 0 aromatic heterocycles. The third-order valence-corrected chi connectivity index (χ3v) is 1.40. The smallest absolute Gasteiger partial charge is 0.323 e. The maximum atomic E-state index is 10.3. The van der Waals surface area contributed by atoms with Gasteiger partial charge in [-0.25, -0.2) is 0 Å². The molecule has 13 heavy (non-hydrogen) atoms. The number of hydrogen-bond donors (Lipinski definition) is 4. The zero-order valence-electron chi connectivity index (χ0n) is 7.10. The van der Waals surface area contributed by atoms with Crippen molar-refractivity contribution in [2.75, 3.05) is 6.54 Å². The molecule has 1 atom stereocenters. The van der Waals surface area contributed by atoms with Crippen LogP contribution in [0.5, 0.6) is 0 Å². The molecule has 82 valence electrons. The summed E-state index contributed by atoms with van der Waals surface area (Å²) >= 11 is 0. The molecular weight excluding hydrogens is 219 g/mol. The number of hydroxylamine groups is 1. The molecule has 5 nitrogen and oxygen atoms in total.